The highest BCUT2D eigenvalue weighted by atomic mass is 79.9. The molecule has 2 aromatic heterocycles. The number of primary amides is 2. The molecule has 14 nitrogen and oxygen atoms in total. The van der Waals surface area contributed by atoms with Crippen molar-refractivity contribution >= 4 is 27.7 Å². The predicted octanol–water partition coefficient (Wildman–Crippen LogP) is 2.40. The standard InChI is InChI=1S/C18H16FN3O4.C12H9BrFN3O2.C6H8O2/c19-13-8-15-12(7-11(13)1-2-18(24)3-5-25-10-18)17-21-14(16(20)23)9-22(17)4-6-26-15;13-7-3-6-10(4-8(7)14)19-2-1-17-5-9(11(15)18)16-12(6)17;1-2-6(7)3-4-8-5-6/h7-9,24H,3-6,10H2,(H2,20,23);3-5H,1-2H2,(H2,15,18);1,7H,3-5H2. The number of hydrogen-bond acceptors (Lipinski definition) is 10. The Morgan fingerprint density at radius 3 is 1.79 bits per heavy atom. The third-order valence-corrected chi connectivity index (χ3v) is 9.12. The first-order valence-electron chi connectivity index (χ1n) is 16.2. The summed E-state index contributed by atoms with van der Waals surface area (Å²) in [6.07, 6.45) is 9.06. The Balaban J connectivity index is 0.000000155. The number of terminal acetylenes is 1. The molecule has 53 heavy (non-hydrogen) atoms. The zero-order valence-corrected chi connectivity index (χ0v) is 29.6. The number of rotatable bonds is 2. The molecule has 2 fully saturated rings. The zero-order valence-electron chi connectivity index (χ0n) is 28.0. The van der Waals surface area contributed by atoms with E-state index in [0.717, 1.165) is 0 Å². The molecule has 4 aromatic rings. The number of ether oxygens (including phenoxy) is 4. The van der Waals surface area contributed by atoms with Gasteiger partial charge in [0.05, 0.1) is 60.7 Å². The Labute approximate surface area is 310 Å². The Kier molecular flexibility index (Phi) is 10.9. The number of carbonyl (C=O) groups is 2. The first-order chi connectivity index (χ1) is 25.3. The SMILES string of the molecule is C#CC1(O)CCOC1.NC(=O)c1cn2c(n1)-c1cc(Br)c(F)cc1OCC2.NC(=O)c1cn2c(n1)-c1cc(C#CC3(O)CCOC3)c(F)cc1OCC2. The topological polar surface area (TPSA) is 199 Å². The third-order valence-electron chi connectivity index (χ3n) is 8.51. The molecule has 2 aromatic carbocycles. The first-order valence-corrected chi connectivity index (χ1v) is 17.0. The number of aliphatic hydroxyl groups is 2. The van der Waals surface area contributed by atoms with Crippen molar-refractivity contribution in [2.24, 2.45) is 11.5 Å². The number of carbonyl (C=O) groups excluding carboxylic acids is 2. The summed E-state index contributed by atoms with van der Waals surface area (Å²) >= 11 is 3.13. The average molecular weight is 796 g/mol. The smallest absolute Gasteiger partial charge is 0.268 e. The summed E-state index contributed by atoms with van der Waals surface area (Å²) in [5.74, 6) is 7.16. The van der Waals surface area contributed by atoms with Crippen LogP contribution in [0.5, 0.6) is 11.5 Å². The highest BCUT2D eigenvalue weighted by molar-refractivity contribution is 9.10. The second-order valence-corrected chi connectivity index (χ2v) is 13.2. The molecule has 276 valence electrons. The summed E-state index contributed by atoms with van der Waals surface area (Å²) in [6.45, 7) is 3.03. The van der Waals surface area contributed by atoms with Crippen LogP contribution in [0, 0.1) is 35.8 Å². The minimum absolute atomic E-state index is 0.0993. The molecule has 0 spiro atoms. The van der Waals surface area contributed by atoms with Gasteiger partial charge in [-0.1, -0.05) is 17.8 Å². The normalized spacial score (nSPS) is 20.6. The van der Waals surface area contributed by atoms with Gasteiger partial charge in [-0.25, -0.2) is 18.7 Å². The van der Waals surface area contributed by atoms with Crippen molar-refractivity contribution in [3.63, 3.8) is 0 Å². The molecule has 0 bridgehead atoms. The maximum atomic E-state index is 14.4. The molecular weight excluding hydrogens is 762 g/mol. The molecule has 4 aliphatic rings. The van der Waals surface area contributed by atoms with Gasteiger partial charge in [0.2, 0.25) is 0 Å². The van der Waals surface area contributed by atoms with E-state index in [4.69, 9.17) is 41.9 Å². The van der Waals surface area contributed by atoms with E-state index in [-0.39, 0.29) is 23.6 Å². The number of imidazole rings is 2. The molecule has 8 rings (SSSR count). The largest absolute Gasteiger partial charge is 0.491 e. The molecule has 6 heterocycles. The van der Waals surface area contributed by atoms with Gasteiger partial charge in [0.15, 0.2) is 11.2 Å². The van der Waals surface area contributed by atoms with E-state index in [2.05, 4.69) is 43.7 Å². The van der Waals surface area contributed by atoms with Crippen LogP contribution in [-0.2, 0) is 22.6 Å². The molecule has 0 saturated carbocycles. The molecular formula is C36H33BrF2N6O8. The lowest BCUT2D eigenvalue weighted by Crippen LogP contribution is -2.26. The summed E-state index contributed by atoms with van der Waals surface area (Å²) in [5, 5.41) is 19.4. The fourth-order valence-electron chi connectivity index (χ4n) is 5.62. The molecule has 0 radical (unpaired) electrons. The van der Waals surface area contributed by atoms with Gasteiger partial charge in [-0.05, 0) is 28.1 Å². The van der Waals surface area contributed by atoms with Gasteiger partial charge in [-0.3, -0.25) is 9.59 Å². The lowest BCUT2D eigenvalue weighted by Gasteiger charge is -2.11. The second kappa shape index (κ2) is 15.4. The monoisotopic (exact) mass is 794 g/mol. The summed E-state index contributed by atoms with van der Waals surface area (Å²) in [5.41, 5.74) is 9.84. The fourth-order valence-corrected chi connectivity index (χ4v) is 5.96. The molecule has 2 amide bonds. The number of nitrogens with zero attached hydrogens (tertiary/aromatic N) is 4. The second-order valence-electron chi connectivity index (χ2n) is 12.4. The molecule has 2 unspecified atom stereocenters. The minimum atomic E-state index is -1.27. The lowest BCUT2D eigenvalue weighted by molar-refractivity contribution is 0.0763. The maximum Gasteiger partial charge on any atom is 0.268 e. The van der Waals surface area contributed by atoms with Crippen molar-refractivity contribution in [2.45, 2.75) is 37.1 Å². The molecule has 2 saturated heterocycles. The van der Waals surface area contributed by atoms with E-state index in [9.17, 15) is 23.5 Å². The van der Waals surface area contributed by atoms with Crippen molar-refractivity contribution in [2.75, 3.05) is 39.6 Å². The van der Waals surface area contributed by atoms with Crippen molar-refractivity contribution in [3.05, 3.63) is 69.7 Å². The van der Waals surface area contributed by atoms with Crippen LogP contribution in [0.15, 0.2) is 41.1 Å². The van der Waals surface area contributed by atoms with Gasteiger partial charge in [-0.2, -0.15) is 0 Å². The van der Waals surface area contributed by atoms with Gasteiger partial charge in [-0.15, -0.1) is 6.42 Å². The van der Waals surface area contributed by atoms with Crippen LogP contribution in [0.4, 0.5) is 8.78 Å². The molecule has 6 N–H and O–H groups in total. The van der Waals surface area contributed by atoms with Crippen LogP contribution in [-0.4, -0.2) is 92.0 Å². The van der Waals surface area contributed by atoms with Gasteiger partial charge < -0.3 is 49.8 Å². The Hall–Kier alpha value is -5.30. The third kappa shape index (κ3) is 8.35. The van der Waals surface area contributed by atoms with Crippen LogP contribution < -0.4 is 20.9 Å². The van der Waals surface area contributed by atoms with Crippen LogP contribution in [0.25, 0.3) is 22.8 Å². The Bertz CT molecular complexity index is 2170. The summed E-state index contributed by atoms with van der Waals surface area (Å²) in [4.78, 5) is 31.0. The maximum absolute atomic E-state index is 14.4. The lowest BCUT2D eigenvalue weighted by atomic mass is 10.0. The molecule has 0 aliphatic carbocycles. The van der Waals surface area contributed by atoms with Gasteiger partial charge in [0, 0.05) is 37.4 Å². The zero-order chi connectivity index (χ0) is 37.9. The average Bonchev–Trinajstić information content (AvgIpc) is 3.92. The first kappa shape index (κ1) is 37.5. The minimum Gasteiger partial charge on any atom is -0.491 e. The van der Waals surface area contributed by atoms with Crippen LogP contribution in [0.2, 0.25) is 0 Å². The van der Waals surface area contributed by atoms with Crippen molar-refractivity contribution in [1.29, 1.82) is 0 Å². The molecule has 17 heteroatoms. The molecule has 4 aliphatic heterocycles. The number of nitrogens with two attached hydrogens (primary N) is 2. The van der Waals surface area contributed by atoms with Crippen molar-refractivity contribution < 1.29 is 47.5 Å². The summed E-state index contributed by atoms with van der Waals surface area (Å²) < 4.78 is 52.8. The predicted molar refractivity (Wildman–Crippen MR) is 187 cm³/mol. The number of aromatic nitrogens is 4. The fraction of sp³-hybridized carbons (Fsp3) is 0.333. The Morgan fingerprint density at radius 1 is 0.811 bits per heavy atom. The van der Waals surface area contributed by atoms with Crippen LogP contribution in [0.1, 0.15) is 39.4 Å². The quantitative estimate of drug-likeness (QED) is 0.219. The van der Waals surface area contributed by atoms with E-state index in [1.807, 2.05) is 0 Å². The highest BCUT2D eigenvalue weighted by Gasteiger charge is 2.31. The van der Waals surface area contributed by atoms with Crippen LogP contribution in [0.3, 0.4) is 0 Å². The number of halogens is 3. The van der Waals surface area contributed by atoms with E-state index in [0.29, 0.717) is 97.7 Å². The van der Waals surface area contributed by atoms with E-state index in [1.54, 1.807) is 27.6 Å². The highest BCUT2D eigenvalue weighted by Crippen LogP contribution is 2.36. The van der Waals surface area contributed by atoms with Gasteiger partial charge >= 0.3 is 0 Å². The summed E-state index contributed by atoms with van der Waals surface area (Å²) in [6, 6.07) is 5.63. The van der Waals surface area contributed by atoms with E-state index >= 15 is 0 Å². The van der Waals surface area contributed by atoms with Gasteiger partial charge in [0.25, 0.3) is 11.8 Å². The summed E-state index contributed by atoms with van der Waals surface area (Å²) in [7, 11) is 0. The molecule has 2 atom stereocenters. The number of benzene rings is 2. The number of amides is 2. The van der Waals surface area contributed by atoms with E-state index < -0.39 is 34.7 Å². The van der Waals surface area contributed by atoms with Crippen molar-refractivity contribution in [1.82, 2.24) is 19.1 Å². The Morgan fingerprint density at radius 2 is 1.32 bits per heavy atom. The van der Waals surface area contributed by atoms with Gasteiger partial charge in [0.1, 0.15) is 59.4 Å². The van der Waals surface area contributed by atoms with Crippen LogP contribution >= 0.6 is 15.9 Å². The van der Waals surface area contributed by atoms with Crippen molar-refractivity contribution in [3.8, 4) is 58.5 Å². The number of hydrogen-bond donors (Lipinski definition) is 4. The number of fused-ring (bicyclic) bond motifs is 6. The van der Waals surface area contributed by atoms with E-state index in [1.165, 1.54) is 18.2 Å².